The molecule has 0 radical (unpaired) electrons. The van der Waals surface area contributed by atoms with Gasteiger partial charge in [0.05, 0.1) is 19.3 Å². The highest BCUT2D eigenvalue weighted by Crippen LogP contribution is 2.13. The van der Waals surface area contributed by atoms with Crippen LogP contribution in [0.3, 0.4) is 0 Å². The molecule has 8 heteroatoms. The van der Waals surface area contributed by atoms with Gasteiger partial charge in [0.2, 0.25) is 0 Å². The van der Waals surface area contributed by atoms with Gasteiger partial charge in [0, 0.05) is 19.3 Å². The third-order valence-corrected chi connectivity index (χ3v) is 1.68. The van der Waals surface area contributed by atoms with Crippen LogP contribution in [-0.2, 0) is 11.3 Å². The number of hydrogen-bond donors (Lipinski definition) is 1. The van der Waals surface area contributed by atoms with Gasteiger partial charge in [-0.1, -0.05) is 5.21 Å². The molecule has 0 amide bonds. The maximum atomic E-state index is 11.7. The van der Waals surface area contributed by atoms with Crippen molar-refractivity contribution in [3.8, 4) is 0 Å². The van der Waals surface area contributed by atoms with E-state index in [1.807, 2.05) is 0 Å². The van der Waals surface area contributed by atoms with Crippen molar-refractivity contribution >= 4 is 0 Å². The highest BCUT2D eigenvalue weighted by Gasteiger charge is 2.27. The van der Waals surface area contributed by atoms with Gasteiger partial charge in [0.25, 0.3) is 0 Å². The van der Waals surface area contributed by atoms with E-state index in [1.165, 1.54) is 0 Å². The van der Waals surface area contributed by atoms with Gasteiger partial charge in [-0.05, 0) is 0 Å². The average Bonchev–Trinajstić information content (AvgIpc) is 2.67. The average molecular weight is 238 g/mol. The van der Waals surface area contributed by atoms with Crippen LogP contribution < -0.4 is 5.32 Å². The molecule has 0 unspecified atom stereocenters. The van der Waals surface area contributed by atoms with Crippen LogP contribution in [0, 0.1) is 0 Å². The van der Waals surface area contributed by atoms with Gasteiger partial charge in [0.15, 0.2) is 0 Å². The molecule has 1 N–H and O–H groups in total. The summed E-state index contributed by atoms with van der Waals surface area (Å²) in [5, 5.41) is 10.3. The SMILES string of the molecule is FC(F)(F)COCCNCCn1ccnn1. The van der Waals surface area contributed by atoms with Crippen LogP contribution in [0.2, 0.25) is 0 Å². The predicted octanol–water partition coefficient (Wildman–Crippen LogP) is 0.447. The first-order valence-corrected chi connectivity index (χ1v) is 4.77. The van der Waals surface area contributed by atoms with Crippen molar-refractivity contribution in [2.24, 2.45) is 0 Å². The molecule has 0 spiro atoms. The van der Waals surface area contributed by atoms with Crippen LogP contribution in [0.15, 0.2) is 12.4 Å². The van der Waals surface area contributed by atoms with Crippen molar-refractivity contribution in [1.29, 1.82) is 0 Å². The van der Waals surface area contributed by atoms with E-state index in [1.54, 1.807) is 17.1 Å². The van der Waals surface area contributed by atoms with Gasteiger partial charge in [-0.15, -0.1) is 5.10 Å². The third-order valence-electron chi connectivity index (χ3n) is 1.68. The molecule has 0 bridgehead atoms. The quantitative estimate of drug-likeness (QED) is 0.701. The number of halogens is 3. The van der Waals surface area contributed by atoms with Gasteiger partial charge < -0.3 is 10.1 Å². The van der Waals surface area contributed by atoms with E-state index in [-0.39, 0.29) is 6.61 Å². The summed E-state index contributed by atoms with van der Waals surface area (Å²) in [6.45, 7) is 0.456. The summed E-state index contributed by atoms with van der Waals surface area (Å²) >= 11 is 0. The molecule has 0 saturated heterocycles. The molecule has 0 aliphatic heterocycles. The largest absolute Gasteiger partial charge is 0.411 e. The fraction of sp³-hybridized carbons (Fsp3) is 0.750. The molecule has 1 aromatic heterocycles. The minimum absolute atomic E-state index is 0.0386. The summed E-state index contributed by atoms with van der Waals surface area (Å²) in [6, 6.07) is 0. The van der Waals surface area contributed by atoms with Crippen LogP contribution in [0.1, 0.15) is 0 Å². The maximum Gasteiger partial charge on any atom is 0.411 e. The Kier molecular flexibility index (Phi) is 5.20. The zero-order valence-corrected chi connectivity index (χ0v) is 8.57. The van der Waals surface area contributed by atoms with E-state index in [9.17, 15) is 13.2 Å². The summed E-state index contributed by atoms with van der Waals surface area (Å²) in [7, 11) is 0. The molecule has 92 valence electrons. The highest BCUT2D eigenvalue weighted by atomic mass is 19.4. The van der Waals surface area contributed by atoms with E-state index < -0.39 is 12.8 Å². The first-order valence-electron chi connectivity index (χ1n) is 4.77. The Morgan fingerprint density at radius 2 is 2.12 bits per heavy atom. The molecule has 16 heavy (non-hydrogen) atoms. The smallest absolute Gasteiger partial charge is 0.371 e. The molecule has 0 fully saturated rings. The second-order valence-electron chi connectivity index (χ2n) is 3.08. The number of hydrogen-bond acceptors (Lipinski definition) is 4. The molecule has 0 aromatic carbocycles. The van der Waals surface area contributed by atoms with Gasteiger partial charge >= 0.3 is 6.18 Å². The zero-order valence-electron chi connectivity index (χ0n) is 8.57. The minimum atomic E-state index is -4.25. The van der Waals surface area contributed by atoms with E-state index in [2.05, 4.69) is 20.4 Å². The van der Waals surface area contributed by atoms with Gasteiger partial charge in [-0.2, -0.15) is 13.2 Å². The summed E-state index contributed by atoms with van der Waals surface area (Å²) in [5.41, 5.74) is 0. The summed E-state index contributed by atoms with van der Waals surface area (Å²) < 4.78 is 41.0. The van der Waals surface area contributed by atoms with E-state index in [0.29, 0.717) is 19.6 Å². The molecule has 0 aliphatic rings. The van der Waals surface area contributed by atoms with Crippen molar-refractivity contribution in [2.75, 3.05) is 26.3 Å². The molecule has 0 aliphatic carbocycles. The van der Waals surface area contributed by atoms with Crippen molar-refractivity contribution in [3.05, 3.63) is 12.4 Å². The van der Waals surface area contributed by atoms with Crippen LogP contribution in [0.5, 0.6) is 0 Å². The number of nitrogens with zero attached hydrogens (tertiary/aromatic N) is 3. The molecule has 1 aromatic rings. The molecule has 0 atom stereocenters. The number of nitrogens with one attached hydrogen (secondary N) is 1. The number of alkyl halides is 3. The second-order valence-corrected chi connectivity index (χ2v) is 3.08. The first kappa shape index (κ1) is 12.9. The Morgan fingerprint density at radius 3 is 2.75 bits per heavy atom. The highest BCUT2D eigenvalue weighted by molar-refractivity contribution is 4.64. The standard InChI is InChI=1S/C8H13F3N4O/c9-8(10,11)7-16-6-3-12-1-4-15-5-2-13-14-15/h2,5,12H,1,3-4,6-7H2. The third kappa shape index (κ3) is 6.36. The fourth-order valence-corrected chi connectivity index (χ4v) is 1.00. The number of ether oxygens (including phenoxy) is 1. The van der Waals surface area contributed by atoms with E-state index in [4.69, 9.17) is 0 Å². The molecule has 1 heterocycles. The van der Waals surface area contributed by atoms with Gasteiger partial charge in [-0.25, -0.2) is 0 Å². The Hall–Kier alpha value is -1.15. The van der Waals surface area contributed by atoms with Crippen molar-refractivity contribution in [2.45, 2.75) is 12.7 Å². The van der Waals surface area contributed by atoms with Crippen LogP contribution in [0.4, 0.5) is 13.2 Å². The van der Waals surface area contributed by atoms with E-state index in [0.717, 1.165) is 0 Å². The molecule has 5 nitrogen and oxygen atoms in total. The summed E-state index contributed by atoms with van der Waals surface area (Å²) in [4.78, 5) is 0. The van der Waals surface area contributed by atoms with Gasteiger partial charge in [-0.3, -0.25) is 4.68 Å². The molecular weight excluding hydrogens is 225 g/mol. The van der Waals surface area contributed by atoms with E-state index >= 15 is 0 Å². The van der Waals surface area contributed by atoms with Crippen LogP contribution in [-0.4, -0.2) is 47.5 Å². The lowest BCUT2D eigenvalue weighted by molar-refractivity contribution is -0.173. The Labute approximate surface area is 90.6 Å². The normalized spacial score (nSPS) is 11.9. The lowest BCUT2D eigenvalue weighted by Gasteiger charge is -2.08. The lowest BCUT2D eigenvalue weighted by atomic mass is 10.5. The minimum Gasteiger partial charge on any atom is -0.371 e. The zero-order chi connectivity index (χ0) is 11.9. The Morgan fingerprint density at radius 1 is 1.31 bits per heavy atom. The summed E-state index contributed by atoms with van der Waals surface area (Å²) in [6.07, 6.45) is -0.977. The maximum absolute atomic E-state index is 11.7. The number of aromatic nitrogens is 3. The topological polar surface area (TPSA) is 52.0 Å². The van der Waals surface area contributed by atoms with Crippen LogP contribution in [0.25, 0.3) is 0 Å². The molecule has 0 saturated carbocycles. The Bertz CT molecular complexity index is 275. The van der Waals surface area contributed by atoms with Crippen molar-refractivity contribution < 1.29 is 17.9 Å². The molecule has 1 rings (SSSR count). The van der Waals surface area contributed by atoms with Crippen molar-refractivity contribution in [1.82, 2.24) is 20.3 Å². The number of rotatable bonds is 7. The van der Waals surface area contributed by atoms with Crippen molar-refractivity contribution in [3.63, 3.8) is 0 Å². The first-order chi connectivity index (χ1) is 7.58. The van der Waals surface area contributed by atoms with Gasteiger partial charge in [0.1, 0.15) is 6.61 Å². The molecular formula is C8H13F3N4O. The monoisotopic (exact) mass is 238 g/mol. The lowest BCUT2D eigenvalue weighted by Crippen LogP contribution is -2.26. The fourth-order valence-electron chi connectivity index (χ4n) is 1.00. The van der Waals surface area contributed by atoms with Crippen LogP contribution >= 0.6 is 0 Å². The summed E-state index contributed by atoms with van der Waals surface area (Å²) in [5.74, 6) is 0. The second kappa shape index (κ2) is 6.44. The predicted molar refractivity (Wildman–Crippen MR) is 49.8 cm³/mol. The Balaban J connectivity index is 1.89.